The molecule has 4 heterocycles. The minimum absolute atomic E-state index is 0.00786. The summed E-state index contributed by atoms with van der Waals surface area (Å²) < 4.78 is 10.6. The third-order valence-electron chi connectivity index (χ3n) is 15.9. The van der Waals surface area contributed by atoms with Crippen LogP contribution in [0.1, 0.15) is 178 Å². The van der Waals surface area contributed by atoms with Gasteiger partial charge in [0.1, 0.15) is 11.2 Å². The number of para-hydroxylation sites is 1. The van der Waals surface area contributed by atoms with Gasteiger partial charge >= 0.3 is 12.2 Å². The van der Waals surface area contributed by atoms with Gasteiger partial charge in [-0.1, -0.05) is 68.1 Å². The molecule has 4 fully saturated rings. The fourth-order valence-electron chi connectivity index (χ4n) is 11.3. The highest BCUT2D eigenvalue weighted by molar-refractivity contribution is 8.00. The Labute approximate surface area is 545 Å². The molecule has 3 aromatic carbocycles. The number of ether oxygens (including phenoxy) is 2. The molecule has 6 unspecified atom stereocenters. The Morgan fingerprint density at radius 1 is 0.527 bits per heavy atom. The fraction of sp³-hybridized carbons (Fsp3) is 0.582. The molecular weight excluding hydrogens is 1200 g/mol. The molecule has 6 atom stereocenters. The smallest absolute Gasteiger partial charge is 0.437 e. The van der Waals surface area contributed by atoms with Crippen LogP contribution in [0.5, 0.6) is 0 Å². The maximum absolute atomic E-state index is 14.0. The van der Waals surface area contributed by atoms with Gasteiger partial charge in [-0.2, -0.15) is 23.5 Å². The number of nitrogens with zero attached hydrogens (tertiary/aromatic N) is 3. The number of guanidine groups is 2. The Kier molecular flexibility index (Phi) is 27.3. The molecule has 91 heavy (non-hydrogen) atoms. The average molecular weight is 1290 g/mol. The lowest BCUT2D eigenvalue weighted by Gasteiger charge is -2.25. The first-order valence-corrected chi connectivity index (χ1v) is 34.4. The first-order valence-electron chi connectivity index (χ1n) is 32.3. The molecule has 4 aliphatic rings. The molecule has 0 aromatic heterocycles. The highest BCUT2D eigenvalue weighted by atomic mass is 32.2. The molecule has 4 saturated heterocycles. The van der Waals surface area contributed by atoms with Crippen LogP contribution in [-0.2, 0) is 40.0 Å². The summed E-state index contributed by atoms with van der Waals surface area (Å²) in [6.07, 6.45) is 9.09. The first kappa shape index (κ1) is 71.1. The SMILES string of the molecule is Cc1ccccc1CN(C(=O)CCNC(=O)c1cc(NC(=O)CCCCCNC(=O)CCCCC2SCC3N/C(=N/C(=O)OC(C)(C)C)NC32)cc(NC(=O)CCCCCNC(=O)CCCCC2SCC3N/C(=N\C(=O)OC(C)(C)C)NC32)c1)c1ccccc1C. The highest BCUT2D eigenvalue weighted by Crippen LogP contribution is 2.35. The summed E-state index contributed by atoms with van der Waals surface area (Å²) in [6, 6.07) is 21.0. The molecule has 0 saturated carbocycles. The molecule has 496 valence electrons. The second kappa shape index (κ2) is 34.9. The molecule has 4 aliphatic heterocycles. The summed E-state index contributed by atoms with van der Waals surface area (Å²) in [4.78, 5) is 114. The van der Waals surface area contributed by atoms with Gasteiger partial charge in [0.15, 0.2) is 0 Å². The van der Waals surface area contributed by atoms with E-state index in [-0.39, 0.29) is 85.1 Å². The van der Waals surface area contributed by atoms with Gasteiger partial charge in [-0.3, -0.25) is 28.8 Å². The zero-order valence-corrected chi connectivity index (χ0v) is 56.0. The maximum Gasteiger partial charge on any atom is 0.437 e. The number of fused-ring (bicyclic) bond motifs is 2. The van der Waals surface area contributed by atoms with Crippen LogP contribution in [0.3, 0.4) is 0 Å². The Hall–Kier alpha value is -7.34. The predicted octanol–water partition coefficient (Wildman–Crippen LogP) is 9.68. The molecule has 3 aromatic rings. The number of nitrogens with one attached hydrogen (secondary N) is 9. The average Bonchev–Trinajstić information content (AvgIpc) is 1.83. The quantitative estimate of drug-likeness (QED) is 0.0271. The molecule has 0 bridgehead atoms. The largest absolute Gasteiger partial charge is 0.442 e. The van der Waals surface area contributed by atoms with Crippen molar-refractivity contribution in [2.45, 2.75) is 217 Å². The van der Waals surface area contributed by atoms with Gasteiger partial charge in [0, 0.05) is 96.4 Å². The standard InChI is InChI=1S/C67H96N12O10S2/c1-43-23-13-15-25-45(43)40-79(51-26-16-14-24-44(51)2)58(84)33-36-70-61(85)46-37-47(71-56(82)31-11-9-21-34-68-54(80)29-19-17-27-52-59-49(41-90-52)73-62(75-59)77-64(86)88-66(3,4)5)39-48(38-46)72-57(83)32-12-10-22-35-69-55(81)30-20-18-28-53-60-50(42-91-53)74-63(76-60)78-65(87)89-67(6,7)8/h13-16,23-26,37-39,49-50,52-53,59-60H,9-12,17-22,27-36,40-42H2,1-8H3,(H,68,80)(H,69,81)(H,70,85)(H,71,82)(H,72,83)(H2,73,75,77,86)(H2,74,76,78,87). The number of aliphatic imine (C=N–C) groups is 2. The number of anilines is 3. The Morgan fingerprint density at radius 3 is 1.47 bits per heavy atom. The summed E-state index contributed by atoms with van der Waals surface area (Å²) in [5.74, 6) is 1.49. The second-order valence-corrected chi connectivity index (χ2v) is 28.4. The summed E-state index contributed by atoms with van der Waals surface area (Å²) in [5.41, 5.74) is 3.39. The molecular formula is C67H96N12O10S2. The van der Waals surface area contributed by atoms with Crippen LogP contribution < -0.4 is 52.8 Å². The number of amides is 8. The van der Waals surface area contributed by atoms with Crippen LogP contribution in [0.15, 0.2) is 76.7 Å². The van der Waals surface area contributed by atoms with Gasteiger partial charge in [0.2, 0.25) is 41.5 Å². The minimum atomic E-state index is -0.631. The number of carbonyl (C=O) groups is 8. The number of rotatable bonds is 31. The number of thioether (sulfide) groups is 2. The highest BCUT2D eigenvalue weighted by Gasteiger charge is 2.43. The number of hydrogen-bond acceptors (Lipinski definition) is 12. The van der Waals surface area contributed by atoms with E-state index >= 15 is 0 Å². The fourth-order valence-corrected chi connectivity index (χ4v) is 14.4. The summed E-state index contributed by atoms with van der Waals surface area (Å²) >= 11 is 3.76. The van der Waals surface area contributed by atoms with E-state index in [1.165, 1.54) is 0 Å². The van der Waals surface area contributed by atoms with E-state index in [1.54, 1.807) is 64.6 Å². The Morgan fingerprint density at radius 2 is 0.989 bits per heavy atom. The van der Waals surface area contributed by atoms with Crippen LogP contribution in [0.2, 0.25) is 0 Å². The third-order valence-corrected chi connectivity index (χ3v) is 18.9. The molecule has 7 rings (SSSR count). The van der Waals surface area contributed by atoms with E-state index in [1.807, 2.05) is 85.9 Å². The van der Waals surface area contributed by atoms with E-state index in [0.717, 1.165) is 72.4 Å². The van der Waals surface area contributed by atoms with Crippen molar-refractivity contribution in [3.63, 3.8) is 0 Å². The number of carbonyl (C=O) groups excluding carboxylic acids is 8. The van der Waals surface area contributed by atoms with Gasteiger partial charge in [-0.15, -0.1) is 9.98 Å². The molecule has 24 heteroatoms. The molecule has 0 spiro atoms. The van der Waals surface area contributed by atoms with E-state index in [4.69, 9.17) is 9.47 Å². The van der Waals surface area contributed by atoms with Crippen LogP contribution >= 0.6 is 23.5 Å². The Bertz CT molecular complexity index is 2940. The normalized spacial score (nSPS) is 19.8. The van der Waals surface area contributed by atoms with Crippen molar-refractivity contribution in [2.75, 3.05) is 46.7 Å². The minimum Gasteiger partial charge on any atom is -0.442 e. The molecule has 8 amide bonds. The molecule has 22 nitrogen and oxygen atoms in total. The molecule has 0 radical (unpaired) electrons. The maximum atomic E-state index is 14.0. The zero-order valence-electron chi connectivity index (χ0n) is 54.3. The summed E-state index contributed by atoms with van der Waals surface area (Å²) in [5, 5.41) is 28.7. The van der Waals surface area contributed by atoms with Crippen LogP contribution in [0.25, 0.3) is 0 Å². The number of unbranched alkanes of at least 4 members (excludes halogenated alkanes) is 6. The number of aryl methyl sites for hydroxylation is 2. The Balaban J connectivity index is 0.821. The van der Waals surface area contributed by atoms with Crippen molar-refractivity contribution < 1.29 is 47.8 Å². The van der Waals surface area contributed by atoms with Crippen molar-refractivity contribution in [2.24, 2.45) is 9.98 Å². The molecule has 0 aliphatic carbocycles. The lowest BCUT2D eigenvalue weighted by molar-refractivity contribution is -0.122. The van der Waals surface area contributed by atoms with Gasteiger partial charge in [-0.05, 0) is 148 Å². The van der Waals surface area contributed by atoms with E-state index < -0.39 is 29.3 Å². The van der Waals surface area contributed by atoms with Gasteiger partial charge in [-0.25, -0.2) is 9.59 Å². The van der Waals surface area contributed by atoms with Crippen molar-refractivity contribution >= 4 is 100 Å². The first-order chi connectivity index (χ1) is 43.4. The van der Waals surface area contributed by atoms with Crippen LogP contribution in [-0.4, -0.2) is 137 Å². The van der Waals surface area contributed by atoms with E-state index in [9.17, 15) is 38.4 Å². The van der Waals surface area contributed by atoms with Crippen molar-refractivity contribution in [1.82, 2.24) is 37.2 Å². The van der Waals surface area contributed by atoms with E-state index in [2.05, 4.69) is 57.8 Å². The predicted molar refractivity (Wildman–Crippen MR) is 362 cm³/mol. The molecule has 9 N–H and O–H groups in total. The third kappa shape index (κ3) is 24.3. The van der Waals surface area contributed by atoms with Crippen molar-refractivity contribution in [3.05, 3.63) is 89.0 Å². The summed E-state index contributed by atoms with van der Waals surface area (Å²) in [7, 11) is 0. The topological polar surface area (TPSA) is 291 Å². The monoisotopic (exact) mass is 1290 g/mol. The van der Waals surface area contributed by atoms with Crippen LogP contribution in [0.4, 0.5) is 26.7 Å². The second-order valence-electron chi connectivity index (χ2n) is 25.9. The van der Waals surface area contributed by atoms with Crippen LogP contribution in [0, 0.1) is 13.8 Å². The number of hydrogen-bond donors (Lipinski definition) is 9. The van der Waals surface area contributed by atoms with Crippen molar-refractivity contribution in [3.8, 4) is 0 Å². The van der Waals surface area contributed by atoms with Gasteiger partial charge in [0.25, 0.3) is 5.91 Å². The van der Waals surface area contributed by atoms with E-state index in [0.29, 0.717) is 105 Å². The van der Waals surface area contributed by atoms with Gasteiger partial charge < -0.3 is 62.2 Å². The lowest BCUT2D eigenvalue weighted by Crippen LogP contribution is -2.37. The lowest BCUT2D eigenvalue weighted by atomic mass is 10.0. The van der Waals surface area contributed by atoms with Gasteiger partial charge in [0.05, 0.1) is 30.7 Å². The zero-order chi connectivity index (χ0) is 65.5. The van der Waals surface area contributed by atoms with Crippen molar-refractivity contribution in [1.29, 1.82) is 0 Å². The number of benzene rings is 3. The summed E-state index contributed by atoms with van der Waals surface area (Å²) in [6.45, 7) is 16.2.